The second-order valence-corrected chi connectivity index (χ2v) is 8.61. The quantitative estimate of drug-likeness (QED) is 0.319. The van der Waals surface area contributed by atoms with Gasteiger partial charge in [0.2, 0.25) is 5.91 Å². The van der Waals surface area contributed by atoms with E-state index in [-0.39, 0.29) is 23.3 Å². The molecule has 6 heteroatoms. The first-order valence-corrected chi connectivity index (χ1v) is 11.6. The van der Waals surface area contributed by atoms with Crippen molar-refractivity contribution in [3.05, 3.63) is 101 Å². The highest BCUT2D eigenvalue weighted by molar-refractivity contribution is 7.99. The van der Waals surface area contributed by atoms with Gasteiger partial charge in [-0.1, -0.05) is 72.4 Å². The van der Waals surface area contributed by atoms with E-state index < -0.39 is 0 Å². The van der Waals surface area contributed by atoms with E-state index >= 15 is 0 Å². The summed E-state index contributed by atoms with van der Waals surface area (Å²) in [6.07, 6.45) is 1.78. The molecule has 0 saturated carbocycles. The molecule has 3 aromatic carbocycles. The minimum atomic E-state index is -0.138. The number of para-hydroxylation sites is 2. The van der Waals surface area contributed by atoms with E-state index in [0.717, 1.165) is 18.5 Å². The molecule has 162 valence electrons. The average molecular weight is 444 g/mol. The van der Waals surface area contributed by atoms with E-state index in [2.05, 4.69) is 22.4 Å². The summed E-state index contributed by atoms with van der Waals surface area (Å²) >= 11 is 1.28. The van der Waals surface area contributed by atoms with Crippen LogP contribution in [0.4, 0.5) is 0 Å². The smallest absolute Gasteiger partial charge is 0.266 e. The summed E-state index contributed by atoms with van der Waals surface area (Å²) in [5, 5.41) is 4.12. The van der Waals surface area contributed by atoms with Crippen LogP contribution in [0.15, 0.2) is 94.9 Å². The lowest BCUT2D eigenvalue weighted by atomic mass is 10.1. The number of carbonyl (C=O) groups is 1. The van der Waals surface area contributed by atoms with E-state index in [4.69, 9.17) is 0 Å². The van der Waals surface area contributed by atoms with Crippen LogP contribution >= 0.6 is 11.8 Å². The van der Waals surface area contributed by atoms with Crippen LogP contribution < -0.4 is 10.9 Å². The summed E-state index contributed by atoms with van der Waals surface area (Å²) < 4.78 is 1.58. The van der Waals surface area contributed by atoms with Gasteiger partial charge in [-0.05, 0) is 49.6 Å². The van der Waals surface area contributed by atoms with Gasteiger partial charge >= 0.3 is 0 Å². The number of amides is 1. The number of fused-ring (bicyclic) bond motifs is 1. The van der Waals surface area contributed by atoms with Crippen LogP contribution in [0.25, 0.3) is 16.6 Å². The molecule has 1 heterocycles. The third-order valence-electron chi connectivity index (χ3n) is 5.21. The van der Waals surface area contributed by atoms with Gasteiger partial charge in [0.1, 0.15) is 0 Å². The van der Waals surface area contributed by atoms with Crippen molar-refractivity contribution in [2.75, 3.05) is 5.75 Å². The predicted molar refractivity (Wildman–Crippen MR) is 130 cm³/mol. The molecule has 1 unspecified atom stereocenters. The Kier molecular flexibility index (Phi) is 7.02. The van der Waals surface area contributed by atoms with Gasteiger partial charge in [0.05, 0.1) is 22.3 Å². The molecule has 0 aliphatic heterocycles. The number of thioether (sulfide) groups is 1. The summed E-state index contributed by atoms with van der Waals surface area (Å²) in [5.74, 6) is 0.116. The fourth-order valence-corrected chi connectivity index (χ4v) is 4.38. The Balaban J connectivity index is 1.47. The Morgan fingerprint density at radius 3 is 2.38 bits per heavy atom. The van der Waals surface area contributed by atoms with Crippen LogP contribution in [0.3, 0.4) is 0 Å². The molecule has 1 aromatic heterocycles. The number of aryl methyl sites for hydroxylation is 1. The van der Waals surface area contributed by atoms with Crippen molar-refractivity contribution >= 4 is 28.6 Å². The minimum absolute atomic E-state index is 0.0594. The van der Waals surface area contributed by atoms with Crippen molar-refractivity contribution in [2.24, 2.45) is 0 Å². The Morgan fingerprint density at radius 1 is 0.969 bits per heavy atom. The van der Waals surface area contributed by atoms with Crippen molar-refractivity contribution < 1.29 is 4.79 Å². The maximum Gasteiger partial charge on any atom is 0.266 e. The molecule has 0 bridgehead atoms. The summed E-state index contributed by atoms with van der Waals surface area (Å²) in [7, 11) is 0. The Morgan fingerprint density at radius 2 is 1.62 bits per heavy atom. The molecule has 0 aliphatic rings. The second-order valence-electron chi connectivity index (χ2n) is 7.67. The molecule has 1 N–H and O–H groups in total. The normalized spacial score (nSPS) is 11.9. The lowest BCUT2D eigenvalue weighted by Crippen LogP contribution is -2.34. The molecular weight excluding hydrogens is 418 g/mol. The van der Waals surface area contributed by atoms with Crippen LogP contribution in [0.1, 0.15) is 18.9 Å². The second kappa shape index (κ2) is 10.3. The van der Waals surface area contributed by atoms with Gasteiger partial charge in [-0.3, -0.25) is 14.2 Å². The lowest BCUT2D eigenvalue weighted by Gasteiger charge is -2.15. The third kappa shape index (κ3) is 5.26. The van der Waals surface area contributed by atoms with Crippen LogP contribution in [0.5, 0.6) is 0 Å². The van der Waals surface area contributed by atoms with Gasteiger partial charge in [-0.2, -0.15) is 0 Å². The van der Waals surface area contributed by atoms with E-state index in [0.29, 0.717) is 16.1 Å². The number of nitrogens with one attached hydrogen (secondary N) is 1. The van der Waals surface area contributed by atoms with Crippen LogP contribution in [0.2, 0.25) is 0 Å². The van der Waals surface area contributed by atoms with Gasteiger partial charge in [0, 0.05) is 6.04 Å². The number of nitrogens with zero attached hydrogens (tertiary/aromatic N) is 2. The van der Waals surface area contributed by atoms with Crippen LogP contribution in [-0.2, 0) is 11.2 Å². The van der Waals surface area contributed by atoms with Crippen molar-refractivity contribution in [3.8, 4) is 5.69 Å². The molecule has 1 amide bonds. The third-order valence-corrected chi connectivity index (χ3v) is 6.15. The highest BCUT2D eigenvalue weighted by Crippen LogP contribution is 2.21. The summed E-state index contributed by atoms with van der Waals surface area (Å²) in [6.45, 7) is 2.01. The van der Waals surface area contributed by atoms with E-state index in [1.165, 1.54) is 17.3 Å². The fourth-order valence-electron chi connectivity index (χ4n) is 3.56. The highest BCUT2D eigenvalue weighted by Gasteiger charge is 2.15. The van der Waals surface area contributed by atoms with Crippen molar-refractivity contribution in [3.63, 3.8) is 0 Å². The Hall–Kier alpha value is -3.38. The molecule has 4 rings (SSSR count). The Labute approximate surface area is 191 Å². The predicted octanol–water partition coefficient (Wildman–Crippen LogP) is 4.62. The SMILES string of the molecule is CC(CCc1ccccc1)NC(=O)CSc1nc2ccccc2c(=O)n1-c1ccccc1. The molecule has 4 aromatic rings. The van der Waals surface area contributed by atoms with Crippen LogP contribution in [-0.4, -0.2) is 27.3 Å². The van der Waals surface area contributed by atoms with E-state index in [1.54, 1.807) is 10.6 Å². The zero-order valence-corrected chi connectivity index (χ0v) is 18.7. The molecular formula is C26H25N3O2S. The summed E-state index contributed by atoms with van der Waals surface area (Å²) in [5.41, 5.74) is 2.48. The molecule has 0 radical (unpaired) electrons. The van der Waals surface area contributed by atoms with Gasteiger partial charge in [-0.15, -0.1) is 0 Å². The number of benzene rings is 3. The molecule has 1 atom stereocenters. The zero-order chi connectivity index (χ0) is 22.3. The summed E-state index contributed by atoms with van der Waals surface area (Å²) in [4.78, 5) is 30.5. The van der Waals surface area contributed by atoms with Gasteiger partial charge < -0.3 is 5.32 Å². The van der Waals surface area contributed by atoms with Crippen molar-refractivity contribution in [1.82, 2.24) is 14.9 Å². The molecule has 0 fully saturated rings. The first-order valence-electron chi connectivity index (χ1n) is 10.6. The standard InChI is InChI=1S/C26H25N3O2S/c1-19(16-17-20-10-4-2-5-11-20)27-24(30)18-32-26-28-23-15-9-8-14-22(23)25(31)29(26)21-12-6-3-7-13-21/h2-15,19H,16-18H2,1H3,(H,27,30). The lowest BCUT2D eigenvalue weighted by molar-refractivity contribution is -0.119. The fraction of sp³-hybridized carbons (Fsp3) is 0.192. The minimum Gasteiger partial charge on any atom is -0.353 e. The van der Waals surface area contributed by atoms with Gasteiger partial charge in [-0.25, -0.2) is 4.98 Å². The molecule has 0 saturated heterocycles. The van der Waals surface area contributed by atoms with Gasteiger partial charge in [0.25, 0.3) is 5.56 Å². The van der Waals surface area contributed by atoms with E-state index in [1.807, 2.05) is 73.7 Å². The largest absolute Gasteiger partial charge is 0.353 e. The maximum absolute atomic E-state index is 13.2. The molecule has 0 spiro atoms. The summed E-state index contributed by atoms with van der Waals surface area (Å²) in [6, 6.07) is 27.0. The number of carbonyl (C=O) groups excluding carboxylic acids is 1. The van der Waals surface area contributed by atoms with Crippen molar-refractivity contribution in [2.45, 2.75) is 31.0 Å². The Bertz CT molecular complexity index is 1260. The zero-order valence-electron chi connectivity index (χ0n) is 17.9. The average Bonchev–Trinajstić information content (AvgIpc) is 2.83. The van der Waals surface area contributed by atoms with Crippen molar-refractivity contribution in [1.29, 1.82) is 0 Å². The van der Waals surface area contributed by atoms with Crippen LogP contribution in [0, 0.1) is 0 Å². The van der Waals surface area contributed by atoms with E-state index in [9.17, 15) is 9.59 Å². The number of hydrogen-bond acceptors (Lipinski definition) is 4. The maximum atomic E-state index is 13.2. The number of hydrogen-bond donors (Lipinski definition) is 1. The first kappa shape index (κ1) is 21.8. The number of rotatable bonds is 8. The topological polar surface area (TPSA) is 64.0 Å². The van der Waals surface area contributed by atoms with Gasteiger partial charge in [0.15, 0.2) is 5.16 Å². The first-order chi connectivity index (χ1) is 15.6. The highest BCUT2D eigenvalue weighted by atomic mass is 32.2. The monoisotopic (exact) mass is 443 g/mol. The molecule has 5 nitrogen and oxygen atoms in total. The molecule has 0 aliphatic carbocycles. The number of aromatic nitrogens is 2. The molecule has 32 heavy (non-hydrogen) atoms.